The van der Waals surface area contributed by atoms with Crippen molar-refractivity contribution in [2.24, 2.45) is 0 Å². The zero-order valence-electron chi connectivity index (χ0n) is 14.0. The number of esters is 1. The molecule has 124 valence electrons. The molecule has 0 amide bonds. The number of carbonyl (C=O) groups is 1. The van der Waals surface area contributed by atoms with E-state index in [0.29, 0.717) is 18.8 Å². The van der Waals surface area contributed by atoms with E-state index >= 15 is 0 Å². The number of unbranched alkanes of at least 4 members (excludes halogenated alkanes) is 1. The highest BCUT2D eigenvalue weighted by atomic mass is 16.6. The van der Waals surface area contributed by atoms with Crippen LogP contribution in [0.5, 0.6) is 0 Å². The quantitative estimate of drug-likeness (QED) is 0.350. The highest BCUT2D eigenvalue weighted by molar-refractivity contribution is 6.08. The number of benzene rings is 3. The van der Waals surface area contributed by atoms with Crippen LogP contribution >= 0.6 is 0 Å². The average molecular weight is 322 g/mol. The summed E-state index contributed by atoms with van der Waals surface area (Å²) in [5.74, 6) is -0.296. The van der Waals surface area contributed by atoms with Gasteiger partial charge < -0.3 is 9.47 Å². The van der Waals surface area contributed by atoms with Crippen molar-refractivity contribution in [3.8, 4) is 0 Å². The first-order valence-corrected chi connectivity index (χ1v) is 8.46. The molecule has 3 nitrogen and oxygen atoms in total. The summed E-state index contributed by atoms with van der Waals surface area (Å²) in [5, 5.41) is 4.25. The minimum atomic E-state index is -0.296. The minimum absolute atomic E-state index is 0.284. The summed E-state index contributed by atoms with van der Waals surface area (Å²) in [5.41, 5.74) is 0.604. The summed E-state index contributed by atoms with van der Waals surface area (Å²) in [4.78, 5) is 12.4. The molecule has 0 fully saturated rings. The zero-order valence-corrected chi connectivity index (χ0v) is 14.0. The number of hydrogen-bond acceptors (Lipinski definition) is 3. The second kappa shape index (κ2) is 7.93. The fourth-order valence-electron chi connectivity index (χ4n) is 2.76. The van der Waals surface area contributed by atoms with Gasteiger partial charge in [0.15, 0.2) is 0 Å². The largest absolute Gasteiger partial charge is 0.460 e. The summed E-state index contributed by atoms with van der Waals surface area (Å²) >= 11 is 0. The van der Waals surface area contributed by atoms with Gasteiger partial charge in [0.2, 0.25) is 0 Å². The SMILES string of the molecule is CCCCOCCOC(=O)c1cccc2cc3ccccc3cc12. The van der Waals surface area contributed by atoms with Gasteiger partial charge in [0, 0.05) is 6.61 Å². The molecule has 0 unspecified atom stereocenters. The molecular formula is C21H22O3. The topological polar surface area (TPSA) is 35.5 Å². The smallest absolute Gasteiger partial charge is 0.338 e. The van der Waals surface area contributed by atoms with E-state index in [1.807, 2.05) is 30.3 Å². The highest BCUT2D eigenvalue weighted by Gasteiger charge is 2.12. The predicted molar refractivity (Wildman–Crippen MR) is 97.5 cm³/mol. The van der Waals surface area contributed by atoms with Gasteiger partial charge in [-0.3, -0.25) is 0 Å². The summed E-state index contributed by atoms with van der Waals surface area (Å²) in [6.07, 6.45) is 2.13. The van der Waals surface area contributed by atoms with E-state index < -0.39 is 0 Å². The maximum absolute atomic E-state index is 12.4. The fourth-order valence-corrected chi connectivity index (χ4v) is 2.76. The molecule has 0 aliphatic heterocycles. The first-order valence-electron chi connectivity index (χ1n) is 8.46. The lowest BCUT2D eigenvalue weighted by atomic mass is 10.00. The van der Waals surface area contributed by atoms with Crippen molar-refractivity contribution in [2.45, 2.75) is 19.8 Å². The monoisotopic (exact) mass is 322 g/mol. The number of ether oxygens (including phenoxy) is 2. The molecule has 3 aromatic carbocycles. The normalized spacial score (nSPS) is 11.0. The zero-order chi connectivity index (χ0) is 16.8. The molecule has 0 aromatic heterocycles. The van der Waals surface area contributed by atoms with Crippen LogP contribution in [0.15, 0.2) is 54.6 Å². The Kier molecular flexibility index (Phi) is 5.44. The van der Waals surface area contributed by atoms with E-state index in [-0.39, 0.29) is 12.6 Å². The maximum Gasteiger partial charge on any atom is 0.338 e. The highest BCUT2D eigenvalue weighted by Crippen LogP contribution is 2.26. The first kappa shape index (κ1) is 16.5. The molecule has 0 aliphatic carbocycles. The van der Waals surface area contributed by atoms with Crippen LogP contribution in [0.25, 0.3) is 21.5 Å². The van der Waals surface area contributed by atoms with Gasteiger partial charge in [-0.05, 0) is 46.2 Å². The molecule has 0 radical (unpaired) electrons. The Morgan fingerprint density at radius 3 is 2.42 bits per heavy atom. The van der Waals surface area contributed by atoms with Crippen molar-refractivity contribution in [3.63, 3.8) is 0 Å². The first-order chi connectivity index (χ1) is 11.8. The van der Waals surface area contributed by atoms with Crippen LogP contribution in [-0.2, 0) is 9.47 Å². The second-order valence-electron chi connectivity index (χ2n) is 5.83. The summed E-state index contributed by atoms with van der Waals surface area (Å²) in [6.45, 7) is 3.56. The Morgan fingerprint density at radius 2 is 1.62 bits per heavy atom. The van der Waals surface area contributed by atoms with Gasteiger partial charge in [-0.25, -0.2) is 4.79 Å². The van der Waals surface area contributed by atoms with E-state index in [0.717, 1.165) is 29.0 Å². The Bertz CT molecular complexity index is 839. The van der Waals surface area contributed by atoms with Crippen molar-refractivity contribution >= 4 is 27.5 Å². The molecule has 0 aliphatic rings. The number of fused-ring (bicyclic) bond motifs is 2. The molecule has 0 spiro atoms. The van der Waals surface area contributed by atoms with E-state index in [2.05, 4.69) is 31.2 Å². The molecule has 3 aromatic rings. The van der Waals surface area contributed by atoms with Crippen LogP contribution in [0, 0.1) is 0 Å². The lowest BCUT2D eigenvalue weighted by Gasteiger charge is -2.09. The number of rotatable bonds is 7. The maximum atomic E-state index is 12.4. The average Bonchev–Trinajstić information content (AvgIpc) is 2.62. The number of carbonyl (C=O) groups excluding carboxylic acids is 1. The van der Waals surface area contributed by atoms with E-state index in [4.69, 9.17) is 9.47 Å². The van der Waals surface area contributed by atoms with Crippen LogP contribution < -0.4 is 0 Å². The summed E-state index contributed by atoms with van der Waals surface area (Å²) in [6, 6.07) is 18.0. The van der Waals surface area contributed by atoms with Crippen molar-refractivity contribution in [1.82, 2.24) is 0 Å². The molecule has 3 rings (SSSR count). The molecule has 3 heteroatoms. The minimum Gasteiger partial charge on any atom is -0.460 e. The van der Waals surface area contributed by atoms with Gasteiger partial charge >= 0.3 is 5.97 Å². The van der Waals surface area contributed by atoms with E-state index in [9.17, 15) is 4.79 Å². The molecule has 24 heavy (non-hydrogen) atoms. The molecular weight excluding hydrogens is 300 g/mol. The lowest BCUT2D eigenvalue weighted by molar-refractivity contribution is 0.0316. The fraction of sp³-hybridized carbons (Fsp3) is 0.286. The molecule has 0 bridgehead atoms. The number of hydrogen-bond donors (Lipinski definition) is 0. The third kappa shape index (κ3) is 3.74. The Morgan fingerprint density at radius 1 is 0.875 bits per heavy atom. The van der Waals surface area contributed by atoms with Gasteiger partial charge in [-0.2, -0.15) is 0 Å². The van der Waals surface area contributed by atoms with Crippen molar-refractivity contribution < 1.29 is 14.3 Å². The third-order valence-electron chi connectivity index (χ3n) is 4.07. The molecule has 0 N–H and O–H groups in total. The summed E-state index contributed by atoms with van der Waals surface area (Å²) in [7, 11) is 0. The van der Waals surface area contributed by atoms with Gasteiger partial charge in [-0.15, -0.1) is 0 Å². The third-order valence-corrected chi connectivity index (χ3v) is 4.07. The van der Waals surface area contributed by atoms with Gasteiger partial charge in [-0.1, -0.05) is 49.7 Å². The molecule has 0 saturated carbocycles. The molecule has 0 saturated heterocycles. The second-order valence-corrected chi connectivity index (χ2v) is 5.83. The van der Waals surface area contributed by atoms with Gasteiger partial charge in [0.05, 0.1) is 12.2 Å². The standard InChI is InChI=1S/C21H22O3/c1-2-3-11-23-12-13-24-21(22)19-10-6-9-18-14-16-7-4-5-8-17(16)15-20(18)19/h4-10,14-15H,2-3,11-13H2,1H3. The van der Waals surface area contributed by atoms with Gasteiger partial charge in [0.25, 0.3) is 0 Å². The molecule has 0 heterocycles. The van der Waals surface area contributed by atoms with Gasteiger partial charge in [0.1, 0.15) is 6.61 Å². The van der Waals surface area contributed by atoms with Crippen LogP contribution in [-0.4, -0.2) is 25.8 Å². The molecule has 0 atom stereocenters. The van der Waals surface area contributed by atoms with Crippen molar-refractivity contribution in [3.05, 3.63) is 60.2 Å². The van der Waals surface area contributed by atoms with Crippen LogP contribution in [0.2, 0.25) is 0 Å². The van der Waals surface area contributed by atoms with Crippen LogP contribution in [0.3, 0.4) is 0 Å². The predicted octanol–water partition coefficient (Wildman–Crippen LogP) is 4.97. The van der Waals surface area contributed by atoms with Crippen LogP contribution in [0.1, 0.15) is 30.1 Å². The Labute approximate surface area is 142 Å². The van der Waals surface area contributed by atoms with Crippen molar-refractivity contribution in [1.29, 1.82) is 0 Å². The lowest BCUT2D eigenvalue weighted by Crippen LogP contribution is -2.11. The van der Waals surface area contributed by atoms with E-state index in [1.54, 1.807) is 0 Å². The Balaban J connectivity index is 1.76. The van der Waals surface area contributed by atoms with Crippen LogP contribution in [0.4, 0.5) is 0 Å². The van der Waals surface area contributed by atoms with Crippen molar-refractivity contribution in [2.75, 3.05) is 19.8 Å². The summed E-state index contributed by atoms with van der Waals surface area (Å²) < 4.78 is 10.8. The Hall–Kier alpha value is -2.39. The van der Waals surface area contributed by atoms with E-state index in [1.165, 1.54) is 5.39 Å².